The summed E-state index contributed by atoms with van der Waals surface area (Å²) in [7, 11) is 0. The van der Waals surface area contributed by atoms with Crippen LogP contribution in [0.4, 0.5) is 10.5 Å². The molecule has 172 valence electrons. The topological polar surface area (TPSA) is 88.8 Å². The molecule has 1 amide bonds. The molecule has 2 heterocycles. The minimum atomic E-state index is -0.741. The van der Waals surface area contributed by atoms with Gasteiger partial charge in [-0.15, -0.1) is 11.3 Å². The Hall–Kier alpha value is -3.84. The molecule has 4 aromatic rings. The molecular formula is C27H23NO5S. The molecule has 1 aliphatic rings. The molecule has 1 fully saturated rings. The largest absolute Gasteiger partial charge is 0.481 e. The summed E-state index contributed by atoms with van der Waals surface area (Å²) in [6.45, 7) is 0.281. The number of rotatable bonds is 8. The van der Waals surface area contributed by atoms with Gasteiger partial charge in [0, 0.05) is 21.7 Å². The number of carboxylic acids is 1. The molecule has 0 atom stereocenters. The molecule has 0 saturated heterocycles. The number of furan rings is 1. The van der Waals surface area contributed by atoms with Crippen molar-refractivity contribution in [3.05, 3.63) is 89.7 Å². The minimum absolute atomic E-state index is 0.281. The lowest BCUT2D eigenvalue weighted by Gasteiger charge is -2.08. The molecule has 6 nitrogen and oxygen atoms in total. The number of benzene rings is 2. The van der Waals surface area contributed by atoms with Gasteiger partial charge in [-0.25, -0.2) is 4.79 Å². The molecule has 2 aromatic heterocycles. The van der Waals surface area contributed by atoms with Crippen molar-refractivity contribution in [2.75, 3.05) is 11.9 Å². The number of hydrogen-bond donors (Lipinski definition) is 2. The van der Waals surface area contributed by atoms with Crippen molar-refractivity contribution in [1.29, 1.82) is 0 Å². The number of thiophene rings is 1. The Morgan fingerprint density at radius 2 is 1.71 bits per heavy atom. The van der Waals surface area contributed by atoms with Gasteiger partial charge in [-0.3, -0.25) is 10.1 Å². The van der Waals surface area contributed by atoms with Crippen LogP contribution in [0.5, 0.6) is 0 Å². The first-order chi connectivity index (χ1) is 16.5. The van der Waals surface area contributed by atoms with E-state index in [-0.39, 0.29) is 6.61 Å². The van der Waals surface area contributed by atoms with Crippen LogP contribution in [0.2, 0.25) is 0 Å². The van der Waals surface area contributed by atoms with Crippen LogP contribution in [0.25, 0.3) is 21.6 Å². The molecule has 0 radical (unpaired) electrons. The number of anilines is 1. The number of carbonyl (C=O) groups is 2. The number of ether oxygens (including phenoxy) is 1. The molecule has 1 saturated carbocycles. The number of aliphatic carboxylic acids is 1. The highest BCUT2D eigenvalue weighted by atomic mass is 32.1. The lowest BCUT2D eigenvalue weighted by molar-refractivity contribution is -0.139. The van der Waals surface area contributed by atoms with Crippen molar-refractivity contribution in [2.45, 2.75) is 24.7 Å². The molecule has 2 N–H and O–H groups in total. The molecule has 5 rings (SSSR count). The average molecular weight is 474 g/mol. The van der Waals surface area contributed by atoms with Crippen LogP contribution in [-0.4, -0.2) is 23.8 Å². The zero-order valence-corrected chi connectivity index (χ0v) is 19.1. The van der Waals surface area contributed by atoms with E-state index in [1.807, 2.05) is 66.7 Å². The van der Waals surface area contributed by atoms with Crippen molar-refractivity contribution in [2.24, 2.45) is 0 Å². The summed E-state index contributed by atoms with van der Waals surface area (Å²) >= 11 is 1.53. The van der Waals surface area contributed by atoms with Gasteiger partial charge in [0.2, 0.25) is 0 Å². The zero-order chi connectivity index (χ0) is 23.5. The van der Waals surface area contributed by atoms with Gasteiger partial charge in [-0.05, 0) is 41.7 Å². The van der Waals surface area contributed by atoms with E-state index in [1.54, 1.807) is 6.26 Å². The fourth-order valence-electron chi connectivity index (χ4n) is 3.92. The fraction of sp³-hybridized carbons (Fsp3) is 0.185. The molecule has 34 heavy (non-hydrogen) atoms. The van der Waals surface area contributed by atoms with Crippen molar-refractivity contribution in [3.8, 4) is 21.6 Å². The second kappa shape index (κ2) is 9.19. The third-order valence-corrected chi connectivity index (χ3v) is 7.42. The maximum atomic E-state index is 12.2. The normalized spacial score (nSPS) is 13.9. The van der Waals surface area contributed by atoms with Gasteiger partial charge in [0.1, 0.15) is 17.9 Å². The van der Waals surface area contributed by atoms with Gasteiger partial charge in [0.25, 0.3) is 0 Å². The molecule has 1 aliphatic carbocycles. The summed E-state index contributed by atoms with van der Waals surface area (Å²) < 4.78 is 10.6. The van der Waals surface area contributed by atoms with Crippen LogP contribution in [-0.2, 0) is 21.4 Å². The van der Waals surface area contributed by atoms with Crippen molar-refractivity contribution in [3.63, 3.8) is 0 Å². The van der Waals surface area contributed by atoms with Crippen LogP contribution in [0.1, 0.15) is 23.3 Å². The maximum absolute atomic E-state index is 12.2. The average Bonchev–Trinajstić information content (AvgIpc) is 3.29. The van der Waals surface area contributed by atoms with E-state index in [2.05, 4.69) is 5.32 Å². The first-order valence-electron chi connectivity index (χ1n) is 11.0. The predicted molar refractivity (Wildman–Crippen MR) is 131 cm³/mol. The number of nitrogens with one attached hydrogen (secondary N) is 1. The molecule has 0 bridgehead atoms. The van der Waals surface area contributed by atoms with E-state index in [0.717, 1.165) is 32.0 Å². The smallest absolute Gasteiger partial charge is 0.411 e. The summed E-state index contributed by atoms with van der Waals surface area (Å²) in [4.78, 5) is 25.8. The van der Waals surface area contributed by atoms with Gasteiger partial charge >= 0.3 is 12.1 Å². The molecule has 0 unspecified atom stereocenters. The van der Waals surface area contributed by atoms with E-state index in [1.165, 1.54) is 17.6 Å². The van der Waals surface area contributed by atoms with Crippen LogP contribution in [0.15, 0.2) is 83.7 Å². The van der Waals surface area contributed by atoms with Gasteiger partial charge in [0.15, 0.2) is 0 Å². The van der Waals surface area contributed by atoms with Gasteiger partial charge < -0.3 is 14.3 Å². The lowest BCUT2D eigenvalue weighted by atomic mass is 10.0. The number of carbonyl (C=O) groups excluding carboxylic acids is 1. The van der Waals surface area contributed by atoms with E-state index in [9.17, 15) is 14.7 Å². The van der Waals surface area contributed by atoms with Crippen molar-refractivity contribution >= 4 is 29.1 Å². The fourth-order valence-corrected chi connectivity index (χ4v) is 5.17. The second-order valence-corrected chi connectivity index (χ2v) is 9.41. The van der Waals surface area contributed by atoms with Crippen LogP contribution in [0, 0.1) is 0 Å². The molecule has 2 aromatic carbocycles. The highest BCUT2D eigenvalue weighted by molar-refractivity contribution is 7.15. The Bertz CT molecular complexity index is 1300. The molecule has 7 heteroatoms. The summed E-state index contributed by atoms with van der Waals surface area (Å²) in [6.07, 6.45) is 4.58. The van der Waals surface area contributed by atoms with E-state index in [0.29, 0.717) is 24.9 Å². The summed E-state index contributed by atoms with van der Waals surface area (Å²) in [5, 5.41) is 12.3. The quantitative estimate of drug-likeness (QED) is 0.302. The monoisotopic (exact) mass is 473 g/mol. The van der Waals surface area contributed by atoms with E-state index in [4.69, 9.17) is 9.15 Å². The maximum Gasteiger partial charge on any atom is 0.411 e. The summed E-state index contributed by atoms with van der Waals surface area (Å²) in [5.41, 5.74) is 3.61. The number of amides is 1. The van der Waals surface area contributed by atoms with E-state index >= 15 is 0 Å². The predicted octanol–water partition coefficient (Wildman–Crippen LogP) is 6.58. The Kier molecular flexibility index (Phi) is 5.94. The van der Waals surface area contributed by atoms with Gasteiger partial charge in [0.05, 0.1) is 12.3 Å². The standard InChI is InChI=1S/C27H23NO5S/c29-25(30)27(13-14-27)24-11-10-23(34-24)20-8-6-19(7-9-20)21-16-32-17-22(21)28-26(31)33-15-12-18-4-2-1-3-5-18/h1-11,16-17H,12-15H2,(H,28,31)(H,29,30). The molecule has 0 spiro atoms. The van der Waals surface area contributed by atoms with Crippen LogP contribution >= 0.6 is 11.3 Å². The third-order valence-electron chi connectivity index (χ3n) is 6.08. The van der Waals surface area contributed by atoms with Gasteiger partial charge in [-0.2, -0.15) is 0 Å². The minimum Gasteiger partial charge on any atom is -0.481 e. The van der Waals surface area contributed by atoms with Crippen LogP contribution in [0.3, 0.4) is 0 Å². The van der Waals surface area contributed by atoms with Crippen molar-refractivity contribution in [1.82, 2.24) is 0 Å². The zero-order valence-electron chi connectivity index (χ0n) is 18.3. The molecular weight excluding hydrogens is 450 g/mol. The number of hydrogen-bond acceptors (Lipinski definition) is 5. The highest BCUT2D eigenvalue weighted by Gasteiger charge is 2.52. The van der Waals surface area contributed by atoms with Crippen LogP contribution < -0.4 is 5.32 Å². The third kappa shape index (κ3) is 4.47. The Morgan fingerprint density at radius 1 is 0.971 bits per heavy atom. The Morgan fingerprint density at radius 3 is 2.41 bits per heavy atom. The Labute approximate surface area is 200 Å². The first kappa shape index (κ1) is 22.0. The molecule has 0 aliphatic heterocycles. The number of carboxylic acid groups (broad SMARTS) is 1. The Balaban J connectivity index is 1.23. The highest BCUT2D eigenvalue weighted by Crippen LogP contribution is 2.51. The van der Waals surface area contributed by atoms with E-state index < -0.39 is 17.5 Å². The van der Waals surface area contributed by atoms with Crippen molar-refractivity contribution < 1.29 is 23.8 Å². The second-order valence-electron chi connectivity index (χ2n) is 8.32. The first-order valence-corrected chi connectivity index (χ1v) is 11.9. The summed E-state index contributed by atoms with van der Waals surface area (Å²) in [6, 6.07) is 21.6. The van der Waals surface area contributed by atoms with Gasteiger partial charge in [-0.1, -0.05) is 54.6 Å². The SMILES string of the molecule is O=C(Nc1cocc1-c1ccc(-c2ccc(C3(C(=O)O)CC3)s2)cc1)OCCc1ccccc1. The lowest BCUT2D eigenvalue weighted by Crippen LogP contribution is -2.17. The summed E-state index contributed by atoms with van der Waals surface area (Å²) in [5.74, 6) is -0.741.